The lowest BCUT2D eigenvalue weighted by molar-refractivity contribution is -0.125. The fourth-order valence-electron chi connectivity index (χ4n) is 3.03. The number of rotatable bonds is 5. The van der Waals surface area contributed by atoms with E-state index in [9.17, 15) is 14.0 Å². The molecule has 0 saturated carbocycles. The van der Waals surface area contributed by atoms with E-state index in [1.165, 1.54) is 11.0 Å². The van der Waals surface area contributed by atoms with Crippen molar-refractivity contribution in [1.29, 1.82) is 0 Å². The van der Waals surface area contributed by atoms with E-state index in [4.69, 9.17) is 4.74 Å². The number of anilines is 2. The van der Waals surface area contributed by atoms with Crippen molar-refractivity contribution >= 4 is 23.2 Å². The first-order valence-electron chi connectivity index (χ1n) is 9.00. The van der Waals surface area contributed by atoms with E-state index in [-0.39, 0.29) is 30.1 Å². The van der Waals surface area contributed by atoms with E-state index in [0.717, 1.165) is 0 Å². The number of nitrogens with one attached hydrogen (secondary N) is 1. The minimum Gasteiger partial charge on any atom is -0.479 e. The lowest BCUT2D eigenvalue weighted by Crippen LogP contribution is -2.44. The number of hydrogen-bond acceptors (Lipinski definition) is 3. The molecule has 1 heterocycles. The average Bonchev–Trinajstić information content (AvgIpc) is 2.60. The monoisotopic (exact) mass is 370 g/mol. The second-order valence-electron chi connectivity index (χ2n) is 7.10. The Morgan fingerprint density at radius 3 is 2.70 bits per heavy atom. The summed E-state index contributed by atoms with van der Waals surface area (Å²) in [4.78, 5) is 26.2. The molecule has 0 aliphatic carbocycles. The molecular weight excluding hydrogens is 347 g/mol. The zero-order valence-corrected chi connectivity index (χ0v) is 15.7. The molecule has 1 aliphatic rings. The van der Waals surface area contributed by atoms with Gasteiger partial charge in [0.15, 0.2) is 6.10 Å². The molecule has 27 heavy (non-hydrogen) atoms. The molecule has 3 rings (SSSR count). The van der Waals surface area contributed by atoms with Crippen LogP contribution in [0.1, 0.15) is 32.8 Å². The van der Waals surface area contributed by atoms with Gasteiger partial charge in [-0.1, -0.05) is 32.0 Å². The van der Waals surface area contributed by atoms with Crippen molar-refractivity contribution < 1.29 is 18.7 Å². The van der Waals surface area contributed by atoms with Crippen LogP contribution in [0.5, 0.6) is 5.75 Å². The number of hydrogen-bond donors (Lipinski definition) is 1. The molecule has 1 unspecified atom stereocenters. The van der Waals surface area contributed by atoms with Gasteiger partial charge in [0.05, 0.1) is 12.2 Å². The second kappa shape index (κ2) is 7.78. The van der Waals surface area contributed by atoms with Crippen molar-refractivity contribution in [1.82, 2.24) is 0 Å². The minimum atomic E-state index is -0.661. The number of halogens is 1. The number of fused-ring (bicyclic) bond motifs is 1. The largest absolute Gasteiger partial charge is 0.479 e. The standard InChI is InChI=1S/C21H23FN2O3/c1-13(2)10-20(25)23-16-8-9-19-18(11-16)24(21(26)14(3)27-19)12-15-6-4-5-7-17(15)22/h4-9,11,13-14H,10,12H2,1-3H3,(H,23,25). The van der Waals surface area contributed by atoms with Crippen molar-refractivity contribution in [3.05, 3.63) is 53.8 Å². The van der Waals surface area contributed by atoms with Gasteiger partial charge in [-0.05, 0) is 37.1 Å². The number of benzene rings is 2. The zero-order chi connectivity index (χ0) is 19.6. The molecule has 2 aromatic rings. The van der Waals surface area contributed by atoms with Crippen LogP contribution in [0, 0.1) is 11.7 Å². The third-order valence-corrected chi connectivity index (χ3v) is 4.33. The Morgan fingerprint density at radius 1 is 1.26 bits per heavy atom. The Bertz CT molecular complexity index is 866. The minimum absolute atomic E-state index is 0.0929. The summed E-state index contributed by atoms with van der Waals surface area (Å²) in [6.45, 7) is 5.69. The van der Waals surface area contributed by atoms with Crippen molar-refractivity contribution in [3.63, 3.8) is 0 Å². The summed E-state index contributed by atoms with van der Waals surface area (Å²) in [5, 5.41) is 2.84. The Balaban J connectivity index is 1.91. The molecule has 0 saturated heterocycles. The molecule has 5 nitrogen and oxygen atoms in total. The van der Waals surface area contributed by atoms with E-state index < -0.39 is 6.10 Å². The van der Waals surface area contributed by atoms with E-state index >= 15 is 0 Å². The summed E-state index contributed by atoms with van der Waals surface area (Å²) in [7, 11) is 0. The first kappa shape index (κ1) is 18.9. The maximum Gasteiger partial charge on any atom is 0.268 e. The van der Waals surface area contributed by atoms with Gasteiger partial charge in [0.25, 0.3) is 5.91 Å². The molecule has 0 radical (unpaired) electrons. The molecule has 0 fully saturated rings. The molecule has 1 atom stereocenters. The molecule has 1 N–H and O–H groups in total. The van der Waals surface area contributed by atoms with Crippen LogP contribution in [0.4, 0.5) is 15.8 Å². The first-order valence-corrected chi connectivity index (χ1v) is 9.00. The van der Waals surface area contributed by atoms with Crippen molar-refractivity contribution in [2.45, 2.75) is 39.8 Å². The van der Waals surface area contributed by atoms with Gasteiger partial charge in [-0.25, -0.2) is 4.39 Å². The molecule has 1 aliphatic heterocycles. The molecule has 2 aromatic carbocycles. The normalized spacial score (nSPS) is 16.1. The average molecular weight is 370 g/mol. The van der Waals surface area contributed by atoms with Crippen LogP contribution in [0.2, 0.25) is 0 Å². The van der Waals surface area contributed by atoms with Crippen LogP contribution in [-0.2, 0) is 16.1 Å². The molecule has 2 amide bonds. The predicted molar refractivity (Wildman–Crippen MR) is 102 cm³/mol. The van der Waals surface area contributed by atoms with Crippen molar-refractivity contribution in [2.24, 2.45) is 5.92 Å². The van der Waals surface area contributed by atoms with Crippen LogP contribution in [0.15, 0.2) is 42.5 Å². The van der Waals surface area contributed by atoms with Gasteiger partial charge < -0.3 is 15.0 Å². The Morgan fingerprint density at radius 2 is 2.00 bits per heavy atom. The predicted octanol–water partition coefficient (Wildman–Crippen LogP) is 4.12. The van der Waals surface area contributed by atoms with Crippen molar-refractivity contribution in [3.8, 4) is 5.75 Å². The highest BCUT2D eigenvalue weighted by molar-refractivity contribution is 6.01. The fourth-order valence-corrected chi connectivity index (χ4v) is 3.03. The summed E-state index contributed by atoms with van der Waals surface area (Å²) in [6, 6.07) is 11.5. The van der Waals surface area contributed by atoms with Gasteiger partial charge in [-0.3, -0.25) is 9.59 Å². The number of amides is 2. The highest BCUT2D eigenvalue weighted by atomic mass is 19.1. The highest BCUT2D eigenvalue weighted by Crippen LogP contribution is 2.37. The van der Waals surface area contributed by atoms with Crippen molar-refractivity contribution in [2.75, 3.05) is 10.2 Å². The van der Waals surface area contributed by atoms with Gasteiger partial charge in [-0.2, -0.15) is 0 Å². The van der Waals surface area contributed by atoms with Crippen LogP contribution >= 0.6 is 0 Å². The van der Waals surface area contributed by atoms with Gasteiger partial charge >= 0.3 is 0 Å². The van der Waals surface area contributed by atoms with E-state index in [0.29, 0.717) is 29.1 Å². The Labute approximate surface area is 158 Å². The highest BCUT2D eigenvalue weighted by Gasteiger charge is 2.32. The summed E-state index contributed by atoms with van der Waals surface area (Å²) in [5.41, 5.74) is 1.51. The molecule has 6 heteroatoms. The third-order valence-electron chi connectivity index (χ3n) is 4.33. The van der Waals surface area contributed by atoms with Gasteiger partial charge in [0.2, 0.25) is 5.91 Å². The lowest BCUT2D eigenvalue weighted by Gasteiger charge is -2.33. The van der Waals surface area contributed by atoms with Crippen LogP contribution < -0.4 is 15.0 Å². The van der Waals surface area contributed by atoms with Gasteiger partial charge in [0.1, 0.15) is 11.6 Å². The molecular formula is C21H23FN2O3. The smallest absolute Gasteiger partial charge is 0.268 e. The molecule has 142 valence electrons. The summed E-state index contributed by atoms with van der Waals surface area (Å²) in [6.07, 6.45) is -0.256. The van der Waals surface area contributed by atoms with E-state index in [1.54, 1.807) is 43.3 Å². The van der Waals surface area contributed by atoms with E-state index in [1.807, 2.05) is 13.8 Å². The summed E-state index contributed by atoms with van der Waals surface area (Å²) in [5.74, 6) is 0.0528. The Kier molecular flexibility index (Phi) is 5.44. The number of nitrogens with zero attached hydrogens (tertiary/aromatic N) is 1. The SMILES string of the molecule is CC(C)CC(=O)Nc1ccc2c(c1)N(Cc1ccccc1F)C(=O)C(C)O2. The quantitative estimate of drug-likeness (QED) is 0.861. The second-order valence-corrected chi connectivity index (χ2v) is 7.10. The summed E-state index contributed by atoms with van der Waals surface area (Å²) >= 11 is 0. The van der Waals surface area contributed by atoms with E-state index in [2.05, 4.69) is 5.32 Å². The molecule has 0 spiro atoms. The van der Waals surface area contributed by atoms with Crippen LogP contribution in [-0.4, -0.2) is 17.9 Å². The van der Waals surface area contributed by atoms with Gasteiger partial charge in [0, 0.05) is 17.7 Å². The third kappa shape index (κ3) is 4.27. The topological polar surface area (TPSA) is 58.6 Å². The molecule has 0 aromatic heterocycles. The van der Waals surface area contributed by atoms with Crippen LogP contribution in [0.3, 0.4) is 0 Å². The number of carbonyl (C=O) groups excluding carboxylic acids is 2. The van der Waals surface area contributed by atoms with Gasteiger partial charge in [-0.15, -0.1) is 0 Å². The molecule has 0 bridgehead atoms. The lowest BCUT2D eigenvalue weighted by atomic mass is 10.1. The number of ether oxygens (including phenoxy) is 1. The summed E-state index contributed by atoms with van der Waals surface area (Å²) < 4.78 is 19.8. The maximum absolute atomic E-state index is 14.1. The van der Waals surface area contributed by atoms with Crippen LogP contribution in [0.25, 0.3) is 0 Å². The fraction of sp³-hybridized carbons (Fsp3) is 0.333. The maximum atomic E-state index is 14.1. The zero-order valence-electron chi connectivity index (χ0n) is 15.7. The Hall–Kier alpha value is -2.89. The number of carbonyl (C=O) groups is 2. The first-order chi connectivity index (χ1) is 12.8.